The van der Waals surface area contributed by atoms with E-state index in [9.17, 15) is 0 Å². The lowest BCUT2D eigenvalue weighted by Gasteiger charge is -2.36. The smallest absolute Gasteiger partial charge is 0.0270 e. The van der Waals surface area contributed by atoms with Crippen LogP contribution in [-0.4, -0.2) is 31.1 Å². The van der Waals surface area contributed by atoms with Gasteiger partial charge in [-0.05, 0) is 44.3 Å². The summed E-state index contributed by atoms with van der Waals surface area (Å²) < 4.78 is 0. The maximum absolute atomic E-state index is 8.17. The summed E-state index contributed by atoms with van der Waals surface area (Å²) in [6, 6.07) is 0.741. The average molecular weight is 210 g/mol. The summed E-state index contributed by atoms with van der Waals surface area (Å²) in [6.07, 6.45) is 6.44. The Labute approximate surface area is 92.3 Å². The van der Waals surface area contributed by atoms with Gasteiger partial charge in [0.05, 0.1) is 0 Å². The molecule has 0 radical (unpaired) electrons. The van der Waals surface area contributed by atoms with Crippen LogP contribution in [0.4, 0.5) is 0 Å². The fraction of sp³-hybridized carbons (Fsp3) is 1.00. The summed E-state index contributed by atoms with van der Waals surface area (Å²) in [5.41, 5.74) is 8.17. The molecule has 0 bridgehead atoms. The third-order valence-electron chi connectivity index (χ3n) is 3.46. The molecule has 0 N–H and O–H groups in total. The first-order valence-electron chi connectivity index (χ1n) is 5.97. The standard InChI is InChI=1S/C11H22N4/c1-10-6-3-4-7-11(10)15(2)9-5-8-13-14-12/h10-11H,3-9H2,1-2H3. The molecule has 0 aliphatic heterocycles. The summed E-state index contributed by atoms with van der Waals surface area (Å²) in [7, 11) is 2.20. The van der Waals surface area contributed by atoms with Crippen LogP contribution in [0.15, 0.2) is 5.11 Å². The molecule has 1 saturated carbocycles. The molecule has 15 heavy (non-hydrogen) atoms. The summed E-state index contributed by atoms with van der Waals surface area (Å²) in [6.45, 7) is 4.03. The molecule has 4 nitrogen and oxygen atoms in total. The van der Waals surface area contributed by atoms with E-state index in [0.29, 0.717) is 6.54 Å². The maximum Gasteiger partial charge on any atom is 0.0270 e. The van der Waals surface area contributed by atoms with Gasteiger partial charge >= 0.3 is 0 Å². The quantitative estimate of drug-likeness (QED) is 0.297. The van der Waals surface area contributed by atoms with Crippen LogP contribution >= 0.6 is 0 Å². The lowest BCUT2D eigenvalue weighted by atomic mass is 9.85. The maximum atomic E-state index is 8.17. The predicted molar refractivity (Wildman–Crippen MR) is 62.7 cm³/mol. The summed E-state index contributed by atoms with van der Waals surface area (Å²) >= 11 is 0. The summed E-state index contributed by atoms with van der Waals surface area (Å²) in [5, 5.41) is 3.56. The van der Waals surface area contributed by atoms with Gasteiger partial charge in [-0.1, -0.05) is 24.9 Å². The van der Waals surface area contributed by atoms with Crippen LogP contribution in [-0.2, 0) is 0 Å². The third-order valence-corrected chi connectivity index (χ3v) is 3.46. The SMILES string of the molecule is CC1CCCCC1N(C)CCCN=[N+]=[N-]. The fourth-order valence-electron chi connectivity index (χ4n) is 2.55. The molecule has 0 spiro atoms. The molecule has 0 saturated heterocycles. The molecule has 0 amide bonds. The molecule has 0 heterocycles. The van der Waals surface area contributed by atoms with Crippen molar-refractivity contribution >= 4 is 0 Å². The zero-order chi connectivity index (χ0) is 11.1. The van der Waals surface area contributed by atoms with Gasteiger partial charge in [-0.15, -0.1) is 0 Å². The lowest BCUT2D eigenvalue weighted by molar-refractivity contribution is 0.139. The molecule has 1 aliphatic rings. The minimum absolute atomic E-state index is 0.627. The van der Waals surface area contributed by atoms with Crippen LogP contribution in [0, 0.1) is 5.92 Å². The molecule has 0 aromatic heterocycles. The molecule has 1 fully saturated rings. The van der Waals surface area contributed by atoms with Gasteiger partial charge in [0.25, 0.3) is 0 Å². The zero-order valence-corrected chi connectivity index (χ0v) is 9.89. The van der Waals surface area contributed by atoms with Crippen molar-refractivity contribution in [3.63, 3.8) is 0 Å². The summed E-state index contributed by atoms with van der Waals surface area (Å²) in [5.74, 6) is 0.822. The van der Waals surface area contributed by atoms with Crippen molar-refractivity contribution in [3.8, 4) is 0 Å². The molecule has 0 aromatic rings. The molecule has 2 unspecified atom stereocenters. The zero-order valence-electron chi connectivity index (χ0n) is 9.89. The highest BCUT2D eigenvalue weighted by Crippen LogP contribution is 2.27. The van der Waals surface area contributed by atoms with Crippen molar-refractivity contribution < 1.29 is 0 Å². The van der Waals surface area contributed by atoms with E-state index < -0.39 is 0 Å². The van der Waals surface area contributed by atoms with Crippen LogP contribution in [0.3, 0.4) is 0 Å². The first-order chi connectivity index (χ1) is 7.25. The Kier molecular flexibility index (Phi) is 5.51. The molecule has 1 aliphatic carbocycles. The van der Waals surface area contributed by atoms with E-state index in [1.54, 1.807) is 0 Å². The van der Waals surface area contributed by atoms with Crippen LogP contribution < -0.4 is 0 Å². The number of nitrogens with zero attached hydrogens (tertiary/aromatic N) is 4. The Balaban J connectivity index is 2.25. The molecular weight excluding hydrogens is 188 g/mol. The van der Waals surface area contributed by atoms with E-state index in [1.807, 2.05) is 0 Å². The minimum Gasteiger partial charge on any atom is -0.303 e. The van der Waals surface area contributed by atoms with Crippen LogP contribution in [0.2, 0.25) is 0 Å². The predicted octanol–water partition coefficient (Wildman–Crippen LogP) is 3.20. The minimum atomic E-state index is 0.627. The highest BCUT2D eigenvalue weighted by Gasteiger charge is 2.24. The van der Waals surface area contributed by atoms with Crippen molar-refractivity contribution in [3.05, 3.63) is 10.4 Å². The first kappa shape index (κ1) is 12.3. The molecule has 1 rings (SSSR count). The van der Waals surface area contributed by atoms with Gasteiger partial charge < -0.3 is 4.90 Å². The second kappa shape index (κ2) is 6.70. The Hall–Kier alpha value is -0.730. The van der Waals surface area contributed by atoms with Gasteiger partial charge in [-0.25, -0.2) is 0 Å². The second-order valence-corrected chi connectivity index (χ2v) is 4.62. The molecular formula is C11H22N4. The van der Waals surface area contributed by atoms with Gasteiger partial charge in [0.15, 0.2) is 0 Å². The van der Waals surface area contributed by atoms with Gasteiger partial charge in [0.2, 0.25) is 0 Å². The van der Waals surface area contributed by atoms with E-state index in [2.05, 4.69) is 28.9 Å². The van der Waals surface area contributed by atoms with Crippen molar-refractivity contribution in [1.82, 2.24) is 4.90 Å². The van der Waals surface area contributed by atoms with E-state index in [-0.39, 0.29) is 0 Å². The van der Waals surface area contributed by atoms with Crippen LogP contribution in [0.5, 0.6) is 0 Å². The van der Waals surface area contributed by atoms with E-state index in [0.717, 1.165) is 24.9 Å². The largest absolute Gasteiger partial charge is 0.303 e. The van der Waals surface area contributed by atoms with Crippen molar-refractivity contribution in [2.24, 2.45) is 11.0 Å². The van der Waals surface area contributed by atoms with Crippen molar-refractivity contribution in [1.29, 1.82) is 0 Å². The van der Waals surface area contributed by atoms with Gasteiger partial charge in [-0.2, -0.15) is 0 Å². The van der Waals surface area contributed by atoms with Gasteiger partial charge in [0.1, 0.15) is 0 Å². The lowest BCUT2D eigenvalue weighted by Crippen LogP contribution is -2.39. The van der Waals surface area contributed by atoms with Crippen molar-refractivity contribution in [2.75, 3.05) is 20.1 Å². The third kappa shape index (κ3) is 4.10. The number of rotatable bonds is 5. The number of hydrogen-bond donors (Lipinski definition) is 0. The molecule has 86 valence electrons. The normalized spacial score (nSPS) is 26.3. The van der Waals surface area contributed by atoms with Crippen LogP contribution in [0.25, 0.3) is 10.4 Å². The Morgan fingerprint density at radius 3 is 2.80 bits per heavy atom. The molecule has 2 atom stereocenters. The molecule has 0 aromatic carbocycles. The summed E-state index contributed by atoms with van der Waals surface area (Å²) in [4.78, 5) is 5.21. The Morgan fingerprint density at radius 2 is 2.13 bits per heavy atom. The number of hydrogen-bond acceptors (Lipinski definition) is 2. The van der Waals surface area contributed by atoms with Gasteiger partial charge in [0, 0.05) is 17.5 Å². The monoisotopic (exact) mass is 210 g/mol. The Bertz CT molecular complexity index is 223. The van der Waals surface area contributed by atoms with Gasteiger partial charge in [-0.3, -0.25) is 0 Å². The van der Waals surface area contributed by atoms with E-state index >= 15 is 0 Å². The first-order valence-corrected chi connectivity index (χ1v) is 5.97. The highest BCUT2D eigenvalue weighted by molar-refractivity contribution is 4.79. The highest BCUT2D eigenvalue weighted by atomic mass is 15.1. The van der Waals surface area contributed by atoms with E-state index in [1.165, 1.54) is 25.7 Å². The fourth-order valence-corrected chi connectivity index (χ4v) is 2.55. The number of azide groups is 1. The van der Waals surface area contributed by atoms with Crippen LogP contribution in [0.1, 0.15) is 39.0 Å². The van der Waals surface area contributed by atoms with E-state index in [4.69, 9.17) is 5.53 Å². The Morgan fingerprint density at radius 1 is 1.40 bits per heavy atom. The second-order valence-electron chi connectivity index (χ2n) is 4.62. The average Bonchev–Trinajstić information content (AvgIpc) is 2.25. The van der Waals surface area contributed by atoms with Crippen molar-refractivity contribution in [2.45, 2.75) is 45.1 Å². The topological polar surface area (TPSA) is 52.0 Å². The molecule has 4 heteroatoms.